The van der Waals surface area contributed by atoms with E-state index < -0.39 is 12.1 Å². The van der Waals surface area contributed by atoms with Crippen LogP contribution in [0.3, 0.4) is 0 Å². The zero-order valence-electron chi connectivity index (χ0n) is 13.3. The summed E-state index contributed by atoms with van der Waals surface area (Å²) < 4.78 is 5.28. The monoisotopic (exact) mass is 343 g/mol. The molecule has 0 unspecified atom stereocenters. The van der Waals surface area contributed by atoms with Gasteiger partial charge in [-0.2, -0.15) is 0 Å². The van der Waals surface area contributed by atoms with Gasteiger partial charge in [0.1, 0.15) is 0 Å². The number of benzene rings is 2. The maximum Gasteiger partial charge on any atom is 0.338 e. The van der Waals surface area contributed by atoms with Crippen molar-refractivity contribution in [3.63, 3.8) is 0 Å². The second kappa shape index (κ2) is 6.65. The van der Waals surface area contributed by atoms with Crippen molar-refractivity contribution in [2.45, 2.75) is 32.3 Å². The average Bonchev–Trinajstić information content (AvgIpc) is 3.04. The second-order valence-electron chi connectivity index (χ2n) is 5.99. The molecule has 0 amide bonds. The van der Waals surface area contributed by atoms with Crippen LogP contribution in [0.5, 0.6) is 0 Å². The summed E-state index contributed by atoms with van der Waals surface area (Å²) in [6, 6.07) is 10.2. The summed E-state index contributed by atoms with van der Waals surface area (Å²) >= 11 is 5.84. The van der Waals surface area contributed by atoms with E-state index in [1.165, 1.54) is 29.3 Å². The fraction of sp³-hybridized carbons (Fsp3) is 0.263. The molecule has 2 aromatic carbocycles. The fourth-order valence-electron chi connectivity index (χ4n) is 2.91. The Hall–Kier alpha value is -2.33. The van der Waals surface area contributed by atoms with Gasteiger partial charge in [-0.1, -0.05) is 23.7 Å². The number of ether oxygens (including phenoxy) is 1. The van der Waals surface area contributed by atoms with Crippen molar-refractivity contribution in [2.24, 2.45) is 0 Å². The first-order valence-corrected chi connectivity index (χ1v) is 8.25. The molecule has 0 radical (unpaired) electrons. The molecular formula is C19H18ClNO3. The molecule has 0 spiro atoms. The second-order valence-corrected chi connectivity index (χ2v) is 6.39. The van der Waals surface area contributed by atoms with Crippen molar-refractivity contribution in [3.05, 3.63) is 63.7 Å². The first-order valence-electron chi connectivity index (χ1n) is 7.87. The van der Waals surface area contributed by atoms with Gasteiger partial charge in [0, 0.05) is 5.56 Å². The lowest BCUT2D eigenvalue weighted by Crippen LogP contribution is -2.24. The molecule has 0 bridgehead atoms. The largest absolute Gasteiger partial charge is 0.451 e. The van der Waals surface area contributed by atoms with E-state index in [9.17, 15) is 9.59 Å². The maximum absolute atomic E-state index is 12.5. The quantitative estimate of drug-likeness (QED) is 0.520. The highest BCUT2D eigenvalue weighted by molar-refractivity contribution is 6.33. The molecule has 4 nitrogen and oxygen atoms in total. The van der Waals surface area contributed by atoms with Gasteiger partial charge < -0.3 is 10.5 Å². The minimum atomic E-state index is -0.867. The van der Waals surface area contributed by atoms with Crippen LogP contribution in [0.4, 0.5) is 5.69 Å². The zero-order valence-corrected chi connectivity index (χ0v) is 14.1. The molecule has 2 aromatic rings. The third kappa shape index (κ3) is 3.29. The Bertz CT molecular complexity index is 816. The number of Topliss-reactive ketones (excluding diaryl/α,β-unsaturated/α-hetero) is 1. The number of esters is 1. The SMILES string of the molecule is C[C@H](OC(=O)c1ccc(Cl)c(N)c1)C(=O)c1ccc2c(c1)CCC2. The molecule has 1 atom stereocenters. The number of rotatable bonds is 4. The Morgan fingerprint density at radius 1 is 1.08 bits per heavy atom. The number of halogens is 1. The van der Waals surface area contributed by atoms with E-state index >= 15 is 0 Å². The molecule has 0 saturated heterocycles. The van der Waals surface area contributed by atoms with Crippen molar-refractivity contribution >= 4 is 29.0 Å². The lowest BCUT2D eigenvalue weighted by atomic mass is 10.0. The molecule has 0 fully saturated rings. The summed E-state index contributed by atoms with van der Waals surface area (Å²) in [6.45, 7) is 1.58. The average molecular weight is 344 g/mol. The summed E-state index contributed by atoms with van der Waals surface area (Å²) in [6.07, 6.45) is 2.31. The van der Waals surface area contributed by atoms with Crippen LogP contribution in [-0.4, -0.2) is 17.9 Å². The van der Waals surface area contributed by atoms with Gasteiger partial charge in [0.25, 0.3) is 0 Å². The first-order chi connectivity index (χ1) is 11.5. The number of carbonyl (C=O) groups excluding carboxylic acids is 2. The molecule has 5 heteroatoms. The highest BCUT2D eigenvalue weighted by Gasteiger charge is 2.22. The summed E-state index contributed by atoms with van der Waals surface area (Å²) in [4.78, 5) is 24.7. The van der Waals surface area contributed by atoms with Gasteiger partial charge in [-0.05, 0) is 61.6 Å². The standard InChI is InChI=1S/C19H18ClNO3/c1-11(24-19(23)15-7-8-16(20)17(21)10-15)18(22)14-6-5-12-3-2-4-13(12)9-14/h5-11H,2-4,21H2,1H3/t11-/m0/s1. The minimum absolute atomic E-state index is 0.208. The number of nitrogens with two attached hydrogens (primary N) is 1. The van der Waals surface area contributed by atoms with Crippen molar-refractivity contribution in [2.75, 3.05) is 5.73 Å². The van der Waals surface area contributed by atoms with E-state index in [4.69, 9.17) is 22.1 Å². The molecule has 3 rings (SSSR count). The predicted octanol–water partition coefficient (Wildman–Crippen LogP) is 3.84. The number of anilines is 1. The van der Waals surface area contributed by atoms with E-state index in [-0.39, 0.29) is 11.3 Å². The first kappa shape index (κ1) is 16.5. The van der Waals surface area contributed by atoms with Gasteiger partial charge in [-0.15, -0.1) is 0 Å². The molecule has 0 aromatic heterocycles. The molecular weight excluding hydrogens is 326 g/mol. The fourth-order valence-corrected chi connectivity index (χ4v) is 3.03. The van der Waals surface area contributed by atoms with Crippen LogP contribution in [0.2, 0.25) is 5.02 Å². The van der Waals surface area contributed by atoms with Crippen molar-refractivity contribution in [3.8, 4) is 0 Å². The van der Waals surface area contributed by atoms with Crippen LogP contribution < -0.4 is 5.73 Å². The number of carbonyl (C=O) groups is 2. The van der Waals surface area contributed by atoms with Crippen LogP contribution in [-0.2, 0) is 17.6 Å². The summed E-state index contributed by atoms with van der Waals surface area (Å²) in [5.41, 5.74) is 9.34. The Labute approximate surface area is 145 Å². The van der Waals surface area contributed by atoms with Gasteiger partial charge in [0.2, 0.25) is 5.78 Å². The predicted molar refractivity (Wildman–Crippen MR) is 93.5 cm³/mol. The Morgan fingerprint density at radius 3 is 2.54 bits per heavy atom. The van der Waals surface area contributed by atoms with Crippen molar-refractivity contribution < 1.29 is 14.3 Å². The topological polar surface area (TPSA) is 69.4 Å². The van der Waals surface area contributed by atoms with E-state index in [0.717, 1.165) is 19.3 Å². The molecule has 24 heavy (non-hydrogen) atoms. The molecule has 1 aliphatic rings. The third-order valence-corrected chi connectivity index (χ3v) is 4.61. The molecule has 1 aliphatic carbocycles. The van der Waals surface area contributed by atoms with Gasteiger partial charge >= 0.3 is 5.97 Å². The summed E-state index contributed by atoms with van der Waals surface area (Å²) in [5, 5.41) is 0.369. The van der Waals surface area contributed by atoms with Gasteiger partial charge in [0.05, 0.1) is 16.3 Å². The number of hydrogen-bond acceptors (Lipinski definition) is 4. The normalized spacial score (nSPS) is 14.1. The number of ketones is 1. The molecule has 0 aliphatic heterocycles. The molecule has 0 heterocycles. The third-order valence-electron chi connectivity index (χ3n) is 4.27. The smallest absolute Gasteiger partial charge is 0.338 e. The van der Waals surface area contributed by atoms with E-state index in [2.05, 4.69) is 0 Å². The van der Waals surface area contributed by atoms with Crippen molar-refractivity contribution in [1.29, 1.82) is 0 Å². The van der Waals surface area contributed by atoms with Crippen LogP contribution in [0.1, 0.15) is 45.2 Å². The van der Waals surface area contributed by atoms with E-state index in [1.807, 2.05) is 12.1 Å². The lowest BCUT2D eigenvalue weighted by Gasteiger charge is -2.13. The van der Waals surface area contributed by atoms with E-state index in [1.54, 1.807) is 13.0 Å². The minimum Gasteiger partial charge on any atom is -0.451 e. The van der Waals surface area contributed by atoms with Gasteiger partial charge in [0.15, 0.2) is 6.10 Å². The number of fused-ring (bicyclic) bond motifs is 1. The number of aryl methyl sites for hydroxylation is 2. The Morgan fingerprint density at radius 2 is 1.79 bits per heavy atom. The lowest BCUT2D eigenvalue weighted by molar-refractivity contribution is 0.0319. The maximum atomic E-state index is 12.5. The highest BCUT2D eigenvalue weighted by atomic mass is 35.5. The van der Waals surface area contributed by atoms with Crippen molar-refractivity contribution in [1.82, 2.24) is 0 Å². The van der Waals surface area contributed by atoms with Gasteiger partial charge in [-0.25, -0.2) is 4.79 Å². The Kier molecular flexibility index (Phi) is 4.58. The van der Waals surface area contributed by atoms with Crippen LogP contribution in [0.25, 0.3) is 0 Å². The summed E-state index contributed by atoms with van der Waals surface area (Å²) in [5.74, 6) is -0.805. The zero-order chi connectivity index (χ0) is 17.3. The number of hydrogen-bond donors (Lipinski definition) is 1. The van der Waals surface area contributed by atoms with Crippen LogP contribution in [0, 0.1) is 0 Å². The highest BCUT2D eigenvalue weighted by Crippen LogP contribution is 2.24. The Balaban J connectivity index is 1.71. The van der Waals surface area contributed by atoms with Gasteiger partial charge in [-0.3, -0.25) is 4.79 Å². The van der Waals surface area contributed by atoms with Crippen LogP contribution >= 0.6 is 11.6 Å². The molecule has 124 valence electrons. The molecule has 2 N–H and O–H groups in total. The molecule has 0 saturated carbocycles. The van der Waals surface area contributed by atoms with E-state index in [0.29, 0.717) is 16.3 Å². The number of nitrogen functional groups attached to an aromatic ring is 1. The summed E-state index contributed by atoms with van der Waals surface area (Å²) in [7, 11) is 0. The van der Waals surface area contributed by atoms with Crippen LogP contribution in [0.15, 0.2) is 36.4 Å².